The van der Waals surface area contributed by atoms with Crippen LogP contribution in [0, 0.1) is 0 Å². The Bertz CT molecular complexity index is 195. The molecule has 0 aliphatic carbocycles. The topological polar surface area (TPSA) is 23.5 Å². The summed E-state index contributed by atoms with van der Waals surface area (Å²) < 4.78 is 0. The molecule has 0 spiro atoms. The van der Waals surface area contributed by atoms with Gasteiger partial charge in [0.25, 0.3) is 0 Å². The van der Waals surface area contributed by atoms with Gasteiger partial charge in [-0.15, -0.1) is 0 Å². The molecule has 0 aromatic rings. The van der Waals surface area contributed by atoms with Gasteiger partial charge in [-0.05, 0) is 51.1 Å². The Labute approximate surface area is 124 Å². The van der Waals surface area contributed by atoms with Crippen molar-refractivity contribution >= 4 is 11.8 Å². The molecule has 1 aliphatic heterocycles. The Kier molecular flexibility index (Phi) is 11.0. The number of unbranched alkanes of at least 4 members (excludes halogenated alkanes) is 3. The van der Waals surface area contributed by atoms with Crippen molar-refractivity contribution in [1.29, 1.82) is 0 Å². The lowest BCUT2D eigenvalue weighted by atomic mass is 10.1. The highest BCUT2D eigenvalue weighted by Gasteiger charge is 2.09. The van der Waals surface area contributed by atoms with Crippen molar-refractivity contribution in [2.75, 3.05) is 31.1 Å². The largest absolute Gasteiger partial charge is 0.392 e. The molecule has 1 heterocycles. The van der Waals surface area contributed by atoms with E-state index < -0.39 is 0 Å². The standard InChI is InChI=1S/C16H33NOS/c1-2-3-4-6-10-16(18)15-19-14-9-13-17-11-7-5-8-12-17/h16,18H,2-15H2,1H3. The number of likely N-dealkylation sites (tertiary alicyclic amines) is 1. The fourth-order valence-electron chi connectivity index (χ4n) is 2.68. The summed E-state index contributed by atoms with van der Waals surface area (Å²) in [7, 11) is 0. The van der Waals surface area contributed by atoms with E-state index in [1.807, 2.05) is 11.8 Å². The molecule has 19 heavy (non-hydrogen) atoms. The third-order valence-electron chi connectivity index (χ3n) is 3.91. The van der Waals surface area contributed by atoms with E-state index in [0.717, 1.165) is 12.2 Å². The van der Waals surface area contributed by atoms with Crippen LogP contribution in [0.5, 0.6) is 0 Å². The fourth-order valence-corrected chi connectivity index (χ4v) is 3.62. The molecule has 0 aromatic carbocycles. The normalized spacial score (nSPS) is 18.6. The van der Waals surface area contributed by atoms with Crippen molar-refractivity contribution in [2.24, 2.45) is 0 Å². The lowest BCUT2D eigenvalue weighted by molar-refractivity contribution is 0.185. The van der Waals surface area contributed by atoms with E-state index >= 15 is 0 Å². The molecule has 1 aliphatic rings. The predicted molar refractivity (Wildman–Crippen MR) is 87.0 cm³/mol. The molecule has 0 amide bonds. The van der Waals surface area contributed by atoms with E-state index in [1.54, 1.807) is 0 Å². The van der Waals surface area contributed by atoms with Gasteiger partial charge in [0.05, 0.1) is 6.10 Å². The van der Waals surface area contributed by atoms with Crippen LogP contribution < -0.4 is 0 Å². The number of thioether (sulfide) groups is 1. The van der Waals surface area contributed by atoms with Crippen LogP contribution in [-0.2, 0) is 0 Å². The van der Waals surface area contributed by atoms with Gasteiger partial charge in [-0.3, -0.25) is 0 Å². The van der Waals surface area contributed by atoms with Gasteiger partial charge in [0.1, 0.15) is 0 Å². The summed E-state index contributed by atoms with van der Waals surface area (Å²) in [6, 6.07) is 0. The molecule has 1 fully saturated rings. The van der Waals surface area contributed by atoms with Crippen LogP contribution in [0.25, 0.3) is 0 Å². The van der Waals surface area contributed by atoms with Crippen molar-refractivity contribution in [3.8, 4) is 0 Å². The molecule has 0 bridgehead atoms. The first-order chi connectivity index (χ1) is 9.33. The van der Waals surface area contributed by atoms with Crippen molar-refractivity contribution < 1.29 is 5.11 Å². The lowest BCUT2D eigenvalue weighted by Gasteiger charge is -2.26. The van der Waals surface area contributed by atoms with Gasteiger partial charge in [0, 0.05) is 5.75 Å². The van der Waals surface area contributed by atoms with Crippen LogP contribution in [0.3, 0.4) is 0 Å². The molecule has 3 heteroatoms. The number of aliphatic hydroxyl groups is 1. The zero-order valence-corrected chi connectivity index (χ0v) is 13.6. The molecule has 0 aromatic heterocycles. The van der Waals surface area contributed by atoms with Crippen LogP contribution in [0.1, 0.15) is 64.7 Å². The molecule has 2 nitrogen and oxygen atoms in total. The Balaban J connectivity index is 1.83. The molecule has 1 rings (SSSR count). The summed E-state index contributed by atoms with van der Waals surface area (Å²) in [5, 5.41) is 9.87. The minimum absolute atomic E-state index is 0.0724. The van der Waals surface area contributed by atoms with Crippen LogP contribution in [0.4, 0.5) is 0 Å². The Morgan fingerprint density at radius 1 is 1.05 bits per heavy atom. The van der Waals surface area contributed by atoms with E-state index in [9.17, 15) is 5.11 Å². The van der Waals surface area contributed by atoms with E-state index in [-0.39, 0.29) is 6.10 Å². The average molecular weight is 288 g/mol. The lowest BCUT2D eigenvalue weighted by Crippen LogP contribution is -2.30. The number of hydrogen-bond acceptors (Lipinski definition) is 3. The average Bonchev–Trinajstić information content (AvgIpc) is 2.44. The molecule has 0 saturated carbocycles. The zero-order chi connectivity index (χ0) is 13.8. The number of hydrogen-bond donors (Lipinski definition) is 1. The van der Waals surface area contributed by atoms with Crippen LogP contribution >= 0.6 is 11.8 Å². The predicted octanol–water partition coefficient (Wildman–Crippen LogP) is 3.93. The van der Waals surface area contributed by atoms with Gasteiger partial charge < -0.3 is 10.0 Å². The maximum absolute atomic E-state index is 9.87. The van der Waals surface area contributed by atoms with Crippen molar-refractivity contribution in [3.05, 3.63) is 0 Å². The van der Waals surface area contributed by atoms with Gasteiger partial charge in [-0.2, -0.15) is 11.8 Å². The van der Waals surface area contributed by atoms with E-state index in [4.69, 9.17) is 0 Å². The highest BCUT2D eigenvalue weighted by Crippen LogP contribution is 2.13. The zero-order valence-electron chi connectivity index (χ0n) is 12.8. The van der Waals surface area contributed by atoms with Gasteiger partial charge in [-0.25, -0.2) is 0 Å². The monoisotopic (exact) mass is 287 g/mol. The molecular weight excluding hydrogens is 254 g/mol. The van der Waals surface area contributed by atoms with Crippen molar-refractivity contribution in [2.45, 2.75) is 70.8 Å². The maximum Gasteiger partial charge on any atom is 0.0630 e. The van der Waals surface area contributed by atoms with Crippen LogP contribution in [0.2, 0.25) is 0 Å². The summed E-state index contributed by atoms with van der Waals surface area (Å²) in [6.45, 7) is 6.11. The second-order valence-electron chi connectivity index (χ2n) is 5.83. The molecule has 0 radical (unpaired) electrons. The Morgan fingerprint density at radius 3 is 2.58 bits per heavy atom. The maximum atomic E-state index is 9.87. The van der Waals surface area contributed by atoms with Crippen LogP contribution in [0.15, 0.2) is 0 Å². The first kappa shape index (κ1) is 17.3. The number of piperidine rings is 1. The summed E-state index contributed by atoms with van der Waals surface area (Å²) in [4.78, 5) is 2.60. The SMILES string of the molecule is CCCCCCC(O)CSCCCN1CCCCC1. The molecular formula is C16H33NOS. The third-order valence-corrected chi connectivity index (χ3v) is 5.11. The molecule has 1 N–H and O–H groups in total. The quantitative estimate of drug-likeness (QED) is 0.583. The van der Waals surface area contributed by atoms with Crippen molar-refractivity contribution in [1.82, 2.24) is 4.90 Å². The van der Waals surface area contributed by atoms with E-state index in [0.29, 0.717) is 0 Å². The summed E-state index contributed by atoms with van der Waals surface area (Å²) >= 11 is 1.94. The third kappa shape index (κ3) is 9.75. The van der Waals surface area contributed by atoms with Gasteiger partial charge in [-0.1, -0.05) is 39.0 Å². The number of rotatable bonds is 11. The minimum atomic E-state index is -0.0724. The van der Waals surface area contributed by atoms with Gasteiger partial charge in [0.15, 0.2) is 0 Å². The number of nitrogens with zero attached hydrogens (tertiary/aromatic N) is 1. The number of aliphatic hydroxyl groups excluding tert-OH is 1. The van der Waals surface area contributed by atoms with E-state index in [1.165, 1.54) is 76.8 Å². The molecule has 114 valence electrons. The van der Waals surface area contributed by atoms with Crippen molar-refractivity contribution in [3.63, 3.8) is 0 Å². The minimum Gasteiger partial charge on any atom is -0.392 e. The molecule has 1 atom stereocenters. The van der Waals surface area contributed by atoms with Crippen LogP contribution in [-0.4, -0.2) is 47.3 Å². The first-order valence-corrected chi connectivity index (χ1v) is 9.46. The summed E-state index contributed by atoms with van der Waals surface area (Å²) in [5.41, 5.74) is 0. The second-order valence-corrected chi connectivity index (χ2v) is 6.98. The molecule has 1 saturated heterocycles. The smallest absolute Gasteiger partial charge is 0.0630 e. The first-order valence-electron chi connectivity index (χ1n) is 8.31. The fraction of sp³-hybridized carbons (Fsp3) is 1.00. The van der Waals surface area contributed by atoms with E-state index in [2.05, 4.69) is 11.8 Å². The summed E-state index contributed by atoms with van der Waals surface area (Å²) in [6.07, 6.45) is 11.5. The van der Waals surface area contributed by atoms with Gasteiger partial charge in [0.2, 0.25) is 0 Å². The van der Waals surface area contributed by atoms with Gasteiger partial charge >= 0.3 is 0 Å². The Hall–Kier alpha value is 0.270. The highest BCUT2D eigenvalue weighted by molar-refractivity contribution is 7.99. The summed E-state index contributed by atoms with van der Waals surface area (Å²) in [5.74, 6) is 2.15. The highest BCUT2D eigenvalue weighted by atomic mass is 32.2. The Morgan fingerprint density at radius 2 is 1.84 bits per heavy atom. The molecule has 1 unspecified atom stereocenters. The second kappa shape index (κ2) is 12.0.